The Morgan fingerprint density at radius 3 is 2.57 bits per heavy atom. The molecule has 5 rings (SSSR count). The molecule has 0 saturated carbocycles. The zero-order chi connectivity index (χ0) is 21.1. The summed E-state index contributed by atoms with van der Waals surface area (Å²) in [6.07, 6.45) is 2.29. The van der Waals surface area contributed by atoms with Gasteiger partial charge in [0.05, 0.1) is 17.0 Å². The zero-order valence-electron chi connectivity index (χ0n) is 16.3. The van der Waals surface area contributed by atoms with Gasteiger partial charge in [-0.05, 0) is 30.3 Å². The topological polar surface area (TPSA) is 101 Å². The van der Waals surface area contributed by atoms with E-state index in [1.54, 1.807) is 18.3 Å². The van der Waals surface area contributed by atoms with Gasteiger partial charge in [0.25, 0.3) is 16.5 Å². The van der Waals surface area contributed by atoms with Crippen LogP contribution < -0.4 is 15.0 Å². The molecule has 0 amide bonds. The van der Waals surface area contributed by atoms with E-state index in [2.05, 4.69) is 16.3 Å². The lowest BCUT2D eigenvalue weighted by molar-refractivity contribution is -0.122. The van der Waals surface area contributed by atoms with E-state index in [0.29, 0.717) is 29.2 Å². The summed E-state index contributed by atoms with van der Waals surface area (Å²) in [6, 6.07) is 13.0. The van der Waals surface area contributed by atoms with Crippen molar-refractivity contribution < 1.29 is 23.1 Å². The number of fused-ring (bicyclic) bond motifs is 2. The van der Waals surface area contributed by atoms with Crippen LogP contribution in [0.15, 0.2) is 53.6 Å². The molecule has 2 aliphatic rings. The number of hydrogen-bond acceptors (Lipinski definition) is 6. The Labute approximate surface area is 174 Å². The second-order valence-electron chi connectivity index (χ2n) is 7.00. The molecule has 8 nitrogen and oxygen atoms in total. The number of piperazine rings is 1. The van der Waals surface area contributed by atoms with Crippen molar-refractivity contribution in [2.45, 2.75) is 11.3 Å². The van der Waals surface area contributed by atoms with Crippen LogP contribution in [0, 0.1) is 0 Å². The van der Waals surface area contributed by atoms with Crippen LogP contribution in [0.25, 0.3) is 10.9 Å². The van der Waals surface area contributed by atoms with Crippen molar-refractivity contribution in [1.29, 1.82) is 0 Å². The van der Waals surface area contributed by atoms with Gasteiger partial charge in [-0.3, -0.25) is 4.79 Å². The average molecular weight is 429 g/mol. The van der Waals surface area contributed by atoms with E-state index in [0.717, 1.165) is 42.8 Å². The Hall–Kier alpha value is -3.04. The standard InChI is InChI=1S/C20H21N3O3S.CH2O2/c24-27(25,20-6-2-5-19-16(20)8-14-26-19)23-11-7-15-17(3-1-4-18(15)23)22-12-9-21-10-13-22;2-1-3/h1-7,11,21H,8-10,12-14H2;1H,(H,2,3). The van der Waals surface area contributed by atoms with Crippen LogP contribution in [0.5, 0.6) is 5.75 Å². The molecule has 0 unspecified atom stereocenters. The van der Waals surface area contributed by atoms with Crippen LogP contribution in [0.1, 0.15) is 5.56 Å². The summed E-state index contributed by atoms with van der Waals surface area (Å²) in [6.45, 7) is 3.99. The third kappa shape index (κ3) is 3.50. The van der Waals surface area contributed by atoms with E-state index in [4.69, 9.17) is 14.6 Å². The van der Waals surface area contributed by atoms with Gasteiger partial charge in [-0.15, -0.1) is 0 Å². The van der Waals surface area contributed by atoms with Gasteiger partial charge in [-0.2, -0.15) is 0 Å². The highest BCUT2D eigenvalue weighted by Gasteiger charge is 2.27. The second-order valence-corrected chi connectivity index (χ2v) is 8.78. The summed E-state index contributed by atoms with van der Waals surface area (Å²) >= 11 is 0. The van der Waals surface area contributed by atoms with Gasteiger partial charge in [0.1, 0.15) is 5.75 Å². The molecule has 1 fully saturated rings. The highest BCUT2D eigenvalue weighted by Crippen LogP contribution is 2.35. The Morgan fingerprint density at radius 1 is 1.07 bits per heavy atom. The molecule has 2 aromatic carbocycles. The van der Waals surface area contributed by atoms with Crippen LogP contribution in [0.3, 0.4) is 0 Å². The normalized spacial score (nSPS) is 15.8. The Bertz CT molecular complexity index is 1170. The molecule has 158 valence electrons. The summed E-state index contributed by atoms with van der Waals surface area (Å²) in [4.78, 5) is 11.0. The summed E-state index contributed by atoms with van der Waals surface area (Å²) in [5.41, 5.74) is 2.57. The van der Waals surface area contributed by atoms with E-state index in [1.807, 2.05) is 24.3 Å². The number of nitrogens with one attached hydrogen (secondary N) is 1. The molecule has 3 heterocycles. The third-order valence-corrected chi connectivity index (χ3v) is 7.14. The maximum absolute atomic E-state index is 13.4. The van der Waals surface area contributed by atoms with Crippen molar-refractivity contribution in [3.63, 3.8) is 0 Å². The van der Waals surface area contributed by atoms with Crippen molar-refractivity contribution in [3.8, 4) is 5.75 Å². The van der Waals surface area contributed by atoms with E-state index in [9.17, 15) is 8.42 Å². The molecule has 0 bridgehead atoms. The molecular formula is C21H23N3O5S. The van der Waals surface area contributed by atoms with Gasteiger partial charge in [0.15, 0.2) is 0 Å². The number of anilines is 1. The SMILES string of the molecule is O=CO.O=S(=O)(c1cccc2c1CCO2)n1ccc2c(N3CCNCC3)cccc21. The third-order valence-electron chi connectivity index (χ3n) is 5.37. The van der Waals surface area contributed by atoms with E-state index < -0.39 is 10.0 Å². The van der Waals surface area contributed by atoms with Crippen molar-refractivity contribution in [3.05, 3.63) is 54.2 Å². The quantitative estimate of drug-likeness (QED) is 0.614. The van der Waals surface area contributed by atoms with Gasteiger partial charge in [-0.1, -0.05) is 12.1 Å². The summed E-state index contributed by atoms with van der Waals surface area (Å²) in [5.74, 6) is 0.675. The second kappa shape index (κ2) is 8.37. The first-order valence-corrected chi connectivity index (χ1v) is 11.2. The van der Waals surface area contributed by atoms with Gasteiger partial charge in [0.2, 0.25) is 0 Å². The number of nitrogens with zero attached hydrogens (tertiary/aromatic N) is 2. The molecule has 3 aromatic rings. The first-order chi connectivity index (χ1) is 14.6. The predicted molar refractivity (Wildman–Crippen MR) is 114 cm³/mol. The van der Waals surface area contributed by atoms with Crippen molar-refractivity contribution in [2.75, 3.05) is 37.7 Å². The van der Waals surface area contributed by atoms with Crippen LogP contribution in [0.2, 0.25) is 0 Å². The minimum atomic E-state index is -3.69. The molecule has 9 heteroatoms. The highest BCUT2D eigenvalue weighted by molar-refractivity contribution is 7.90. The predicted octanol–water partition coefficient (Wildman–Crippen LogP) is 1.92. The number of rotatable bonds is 3. The van der Waals surface area contributed by atoms with Crippen LogP contribution in [-0.2, 0) is 21.2 Å². The lowest BCUT2D eigenvalue weighted by Crippen LogP contribution is -2.43. The number of hydrogen-bond donors (Lipinski definition) is 2. The smallest absolute Gasteiger partial charge is 0.290 e. The molecule has 0 radical (unpaired) electrons. The van der Waals surface area contributed by atoms with Gasteiger partial charge in [0, 0.05) is 55.4 Å². The minimum absolute atomic E-state index is 0.250. The largest absolute Gasteiger partial charge is 0.493 e. The summed E-state index contributed by atoms with van der Waals surface area (Å²) in [5, 5.41) is 11.2. The van der Waals surface area contributed by atoms with Crippen LogP contribution in [-0.4, -0.2) is 56.8 Å². The first-order valence-electron chi connectivity index (χ1n) is 9.72. The Morgan fingerprint density at radius 2 is 1.80 bits per heavy atom. The molecule has 0 atom stereocenters. The number of aromatic nitrogens is 1. The van der Waals surface area contributed by atoms with Gasteiger partial charge in [-0.25, -0.2) is 12.4 Å². The maximum atomic E-state index is 13.4. The van der Waals surface area contributed by atoms with Gasteiger partial charge >= 0.3 is 0 Å². The fourth-order valence-electron chi connectivity index (χ4n) is 4.06. The Kier molecular flexibility index (Phi) is 5.65. The number of carboxylic acid groups (broad SMARTS) is 1. The molecule has 2 aliphatic heterocycles. The van der Waals surface area contributed by atoms with E-state index in [1.165, 1.54) is 3.97 Å². The number of carbonyl (C=O) groups is 1. The lowest BCUT2D eigenvalue weighted by Gasteiger charge is -2.30. The Balaban J connectivity index is 0.000000687. The molecule has 30 heavy (non-hydrogen) atoms. The number of ether oxygens (including phenoxy) is 1. The monoisotopic (exact) mass is 429 g/mol. The molecule has 0 spiro atoms. The maximum Gasteiger partial charge on any atom is 0.290 e. The van der Waals surface area contributed by atoms with Crippen molar-refractivity contribution in [1.82, 2.24) is 9.29 Å². The minimum Gasteiger partial charge on any atom is -0.493 e. The molecule has 1 aromatic heterocycles. The van der Waals surface area contributed by atoms with E-state index >= 15 is 0 Å². The number of benzene rings is 2. The summed E-state index contributed by atoms with van der Waals surface area (Å²) < 4.78 is 33.8. The molecule has 1 saturated heterocycles. The van der Waals surface area contributed by atoms with Gasteiger partial charge < -0.3 is 20.1 Å². The zero-order valence-corrected chi connectivity index (χ0v) is 17.1. The first kappa shape index (κ1) is 20.2. The van der Waals surface area contributed by atoms with Crippen LogP contribution >= 0.6 is 0 Å². The highest BCUT2D eigenvalue weighted by atomic mass is 32.2. The van der Waals surface area contributed by atoms with E-state index in [-0.39, 0.29) is 6.47 Å². The molecule has 0 aliphatic carbocycles. The van der Waals surface area contributed by atoms with Crippen LogP contribution in [0.4, 0.5) is 5.69 Å². The molecular weight excluding hydrogens is 406 g/mol. The fourth-order valence-corrected chi connectivity index (χ4v) is 5.67. The fraction of sp³-hybridized carbons (Fsp3) is 0.286. The summed E-state index contributed by atoms with van der Waals surface area (Å²) in [7, 11) is -3.69. The van der Waals surface area contributed by atoms with Crippen molar-refractivity contribution in [2.24, 2.45) is 0 Å². The average Bonchev–Trinajstić information content (AvgIpc) is 3.41. The lowest BCUT2D eigenvalue weighted by atomic mass is 10.2. The van der Waals surface area contributed by atoms with Crippen molar-refractivity contribution >= 4 is 33.1 Å². The molecule has 2 N–H and O–H groups in total.